The molecule has 10 nitrogen and oxygen atoms in total. The first-order chi connectivity index (χ1) is 24.1. The number of amides is 2. The van der Waals surface area contributed by atoms with Gasteiger partial charge in [-0.15, -0.1) is 0 Å². The van der Waals surface area contributed by atoms with Crippen molar-refractivity contribution in [2.75, 3.05) is 52.3 Å². The van der Waals surface area contributed by atoms with Crippen molar-refractivity contribution in [2.24, 2.45) is 0 Å². The van der Waals surface area contributed by atoms with E-state index in [1.807, 2.05) is 59.7 Å². The van der Waals surface area contributed by atoms with E-state index < -0.39 is 11.2 Å². The molecule has 7 rings (SSSR count). The highest BCUT2D eigenvalue weighted by Gasteiger charge is 2.34. The molecule has 11 heteroatoms. The topological polar surface area (TPSA) is 96.4 Å². The number of aromatic nitrogens is 1. The summed E-state index contributed by atoms with van der Waals surface area (Å²) in [5, 5.41) is 4.79. The molecule has 3 aliphatic rings. The second kappa shape index (κ2) is 16.0. The zero-order valence-electron chi connectivity index (χ0n) is 30.3. The molecule has 3 aromatic carbocycles. The predicted molar refractivity (Wildman–Crippen MR) is 198 cm³/mol. The number of ether oxygens (including phenoxy) is 2. The molecule has 1 N–H and O–H groups in total. The van der Waals surface area contributed by atoms with Crippen LogP contribution < -0.4 is 20.4 Å². The van der Waals surface area contributed by atoms with E-state index in [0.717, 1.165) is 43.1 Å². The number of hydrogen-bond donors (Lipinski definition) is 1. The smallest absolute Gasteiger partial charge is 0.259 e. The van der Waals surface area contributed by atoms with Crippen molar-refractivity contribution in [3.8, 4) is 17.2 Å². The lowest BCUT2D eigenvalue weighted by Crippen LogP contribution is -2.45. The third-order valence-corrected chi connectivity index (χ3v) is 10.0. The van der Waals surface area contributed by atoms with Gasteiger partial charge in [0.05, 0.1) is 17.2 Å². The van der Waals surface area contributed by atoms with Gasteiger partial charge in [0.1, 0.15) is 16.8 Å². The maximum absolute atomic E-state index is 16.1. The lowest BCUT2D eigenvalue weighted by molar-refractivity contribution is -0.110. The largest absolute Gasteiger partial charge is 0.451 e. The Morgan fingerprint density at radius 3 is 2.42 bits per heavy atom. The van der Waals surface area contributed by atoms with E-state index in [2.05, 4.69) is 31.1 Å². The number of likely N-dealkylation sites (tertiary alicyclic amines) is 1. The van der Waals surface area contributed by atoms with E-state index in [0.29, 0.717) is 49.0 Å². The summed E-state index contributed by atoms with van der Waals surface area (Å²) in [6, 6.07) is 12.8. The van der Waals surface area contributed by atoms with Crippen molar-refractivity contribution in [3.05, 3.63) is 70.3 Å². The van der Waals surface area contributed by atoms with Crippen LogP contribution in [-0.4, -0.2) is 92.3 Å². The first-order valence-corrected chi connectivity index (χ1v) is 17.7. The molecule has 1 aromatic heterocycles. The summed E-state index contributed by atoms with van der Waals surface area (Å²) in [5.41, 5.74) is 0.810. The lowest BCUT2D eigenvalue weighted by atomic mass is 10.0. The number of pyridine rings is 1. The minimum absolute atomic E-state index is 0.000504. The van der Waals surface area contributed by atoms with Gasteiger partial charge in [-0.05, 0) is 81.7 Å². The van der Waals surface area contributed by atoms with Crippen molar-refractivity contribution in [2.45, 2.75) is 71.6 Å². The van der Waals surface area contributed by atoms with Crippen LogP contribution in [0.4, 0.5) is 10.1 Å². The molecular weight excluding hydrogens is 637 g/mol. The van der Waals surface area contributed by atoms with Gasteiger partial charge in [0.15, 0.2) is 17.3 Å². The normalized spacial score (nSPS) is 17.5. The summed E-state index contributed by atoms with van der Waals surface area (Å²) >= 11 is 0. The molecule has 3 aliphatic heterocycles. The molecular formula is C39H50FN5O5. The Kier molecular flexibility index (Phi) is 11.8. The van der Waals surface area contributed by atoms with E-state index in [1.165, 1.54) is 6.07 Å². The Balaban J connectivity index is 0.000000552. The zero-order valence-corrected chi connectivity index (χ0v) is 30.3. The van der Waals surface area contributed by atoms with Gasteiger partial charge in [-0.2, -0.15) is 0 Å². The molecule has 4 aromatic rings. The number of fused-ring (bicyclic) bond motifs is 3. The van der Waals surface area contributed by atoms with E-state index >= 15 is 4.39 Å². The average Bonchev–Trinajstić information content (AvgIpc) is 3.60. The van der Waals surface area contributed by atoms with Gasteiger partial charge in [-0.25, -0.2) is 4.39 Å². The molecule has 0 radical (unpaired) electrons. The van der Waals surface area contributed by atoms with Gasteiger partial charge in [-0.3, -0.25) is 14.4 Å². The molecule has 2 saturated heterocycles. The lowest BCUT2D eigenvalue weighted by Gasteiger charge is -2.35. The molecule has 2 amide bonds. The summed E-state index contributed by atoms with van der Waals surface area (Å²) < 4.78 is 29.2. The van der Waals surface area contributed by atoms with Crippen molar-refractivity contribution in [1.29, 1.82) is 0 Å². The number of nitrogens with one attached hydrogen (secondary N) is 1. The van der Waals surface area contributed by atoms with Crippen LogP contribution in [0.25, 0.3) is 27.4 Å². The van der Waals surface area contributed by atoms with Crippen LogP contribution in [0.2, 0.25) is 0 Å². The van der Waals surface area contributed by atoms with Crippen molar-refractivity contribution in [3.63, 3.8) is 0 Å². The van der Waals surface area contributed by atoms with E-state index in [9.17, 15) is 14.4 Å². The summed E-state index contributed by atoms with van der Waals surface area (Å²) in [7, 11) is 5.53. The molecule has 2 unspecified atom stereocenters. The Labute approximate surface area is 293 Å². The first kappa shape index (κ1) is 36.8. The van der Waals surface area contributed by atoms with E-state index in [4.69, 9.17) is 9.47 Å². The van der Waals surface area contributed by atoms with Crippen LogP contribution in [0.15, 0.2) is 53.5 Å². The second-order valence-corrected chi connectivity index (χ2v) is 13.1. The number of rotatable bonds is 7. The monoisotopic (exact) mass is 687 g/mol. The van der Waals surface area contributed by atoms with Gasteiger partial charge in [0.25, 0.3) is 5.91 Å². The van der Waals surface area contributed by atoms with Crippen LogP contribution in [0.1, 0.15) is 63.7 Å². The molecule has 4 heterocycles. The van der Waals surface area contributed by atoms with Crippen LogP contribution in [-0.2, 0) is 9.53 Å². The highest BCUT2D eigenvalue weighted by Crippen LogP contribution is 2.48. The fourth-order valence-electron chi connectivity index (χ4n) is 6.84. The fourth-order valence-corrected chi connectivity index (χ4v) is 6.84. The van der Waals surface area contributed by atoms with E-state index in [1.54, 1.807) is 25.3 Å². The number of benzene rings is 3. The van der Waals surface area contributed by atoms with Crippen LogP contribution in [0.5, 0.6) is 11.5 Å². The van der Waals surface area contributed by atoms with Crippen molar-refractivity contribution < 1.29 is 23.5 Å². The van der Waals surface area contributed by atoms with Crippen molar-refractivity contribution >= 4 is 39.7 Å². The Hall–Kier alpha value is -4.48. The molecule has 268 valence electrons. The number of nitrogens with zero attached hydrogens (tertiary/aromatic N) is 4. The van der Waals surface area contributed by atoms with Crippen LogP contribution in [0.3, 0.4) is 0 Å². The molecule has 0 aliphatic carbocycles. The predicted octanol–water partition coefficient (Wildman–Crippen LogP) is 6.34. The minimum Gasteiger partial charge on any atom is -0.451 e. The van der Waals surface area contributed by atoms with Crippen molar-refractivity contribution in [1.82, 2.24) is 19.7 Å². The van der Waals surface area contributed by atoms with Gasteiger partial charge in [0.2, 0.25) is 11.8 Å². The number of anilines is 1. The summed E-state index contributed by atoms with van der Waals surface area (Å²) in [6.07, 6.45) is 6.09. The summed E-state index contributed by atoms with van der Waals surface area (Å²) in [5.74, 6) is -0.242. The van der Waals surface area contributed by atoms with Crippen LogP contribution >= 0.6 is 0 Å². The van der Waals surface area contributed by atoms with E-state index in [-0.39, 0.29) is 40.4 Å². The molecule has 0 spiro atoms. The van der Waals surface area contributed by atoms with Gasteiger partial charge >= 0.3 is 0 Å². The molecule has 2 fully saturated rings. The van der Waals surface area contributed by atoms with Gasteiger partial charge < -0.3 is 34.1 Å². The molecule has 50 heavy (non-hydrogen) atoms. The average molecular weight is 688 g/mol. The van der Waals surface area contributed by atoms with Gasteiger partial charge in [-0.1, -0.05) is 45.0 Å². The fraction of sp³-hybridized carbons (Fsp3) is 0.462. The molecule has 0 saturated carbocycles. The maximum atomic E-state index is 16.1. The highest BCUT2D eigenvalue weighted by atomic mass is 19.1. The number of hydrogen-bond acceptors (Lipinski definition) is 7. The van der Waals surface area contributed by atoms with Crippen LogP contribution in [0, 0.1) is 5.82 Å². The first-order valence-electron chi connectivity index (χ1n) is 17.7. The Morgan fingerprint density at radius 2 is 1.80 bits per heavy atom. The second-order valence-electron chi connectivity index (χ2n) is 13.1. The maximum Gasteiger partial charge on any atom is 0.259 e. The standard InChI is InChI=1S/C32H32FN5O4.C5H12O.C2H6/c1-35-10-8-22(9-11-35)36(2)32(41)24-17-38-26-13-19-5-3-4-6-20(19)14-27(26)42-31-28(38)23(30(24)40)15-25(33)29(31)37-12-7-21(16-37)34-18-39;1-4-5(2)6-3;1-2/h3-6,13-15,17-18,21-22H,7-12,16H2,1-2H3,(H,34,39);5H,4H2,1-3H3;1-2H3. The minimum atomic E-state index is -0.606. The molecule has 0 bridgehead atoms. The highest BCUT2D eigenvalue weighted by molar-refractivity contribution is 6.02. The third-order valence-electron chi connectivity index (χ3n) is 10.0. The number of carbonyl (C=O) groups excluding carboxylic acids is 2. The summed E-state index contributed by atoms with van der Waals surface area (Å²) in [4.78, 5) is 44.6. The number of carbonyl (C=O) groups is 2. The SMILES string of the molecule is CC.CCC(C)OC.CN1CCC(N(C)C(=O)c2cn3c4c(c(N5CCC(NC=O)C5)c(F)cc4c2=O)Oc2cc4ccccc4cc2-3)CC1. The third kappa shape index (κ3) is 7.20. The number of piperidine rings is 1. The Bertz CT molecular complexity index is 1900. The number of halogens is 1. The number of methoxy groups -OCH3 is 1. The summed E-state index contributed by atoms with van der Waals surface area (Å²) in [6.45, 7) is 10.8. The zero-order chi connectivity index (χ0) is 36.1. The Morgan fingerprint density at radius 1 is 1.12 bits per heavy atom. The quantitative estimate of drug-likeness (QED) is 0.200. The van der Waals surface area contributed by atoms with Gasteiger partial charge in [0, 0.05) is 45.5 Å². The molecule has 2 atom stereocenters.